The van der Waals surface area contributed by atoms with Gasteiger partial charge in [-0.05, 0) is 24.5 Å². The summed E-state index contributed by atoms with van der Waals surface area (Å²) in [5, 5.41) is 2.59. The van der Waals surface area contributed by atoms with Crippen LogP contribution in [0.25, 0.3) is 0 Å². The molecule has 1 aliphatic rings. The highest BCUT2D eigenvalue weighted by Crippen LogP contribution is 2.17. The molecule has 18 heavy (non-hydrogen) atoms. The summed E-state index contributed by atoms with van der Waals surface area (Å²) >= 11 is 0. The van der Waals surface area contributed by atoms with E-state index < -0.39 is 5.82 Å². The van der Waals surface area contributed by atoms with Gasteiger partial charge < -0.3 is 16.0 Å². The minimum absolute atomic E-state index is 0.141. The highest BCUT2D eigenvalue weighted by molar-refractivity contribution is 5.89. The second-order valence-corrected chi connectivity index (χ2v) is 4.79. The number of para-hydroxylation sites is 1. The summed E-state index contributed by atoms with van der Waals surface area (Å²) in [6, 6.07) is 6.03. The Kier molecular flexibility index (Phi) is 3.81. The third-order valence-corrected chi connectivity index (χ3v) is 3.37. The van der Waals surface area contributed by atoms with E-state index >= 15 is 0 Å². The van der Waals surface area contributed by atoms with Crippen LogP contribution in [0.1, 0.15) is 13.3 Å². The van der Waals surface area contributed by atoms with Crippen LogP contribution >= 0.6 is 0 Å². The van der Waals surface area contributed by atoms with E-state index in [0.717, 1.165) is 6.42 Å². The number of benzene rings is 1. The fraction of sp³-hybridized carbons (Fsp3) is 0.462. The topological polar surface area (TPSA) is 58.4 Å². The Bertz CT molecular complexity index is 438. The number of urea groups is 1. The Morgan fingerprint density at radius 3 is 2.89 bits per heavy atom. The molecule has 0 saturated carbocycles. The van der Waals surface area contributed by atoms with Crippen molar-refractivity contribution in [1.82, 2.24) is 4.90 Å². The normalized spacial score (nSPS) is 23.8. The van der Waals surface area contributed by atoms with Crippen molar-refractivity contribution in [1.29, 1.82) is 0 Å². The lowest BCUT2D eigenvalue weighted by Crippen LogP contribution is -2.49. The van der Waals surface area contributed by atoms with Crippen LogP contribution in [0, 0.1) is 11.7 Å². The number of carbonyl (C=O) groups excluding carboxylic acids is 1. The molecule has 1 saturated heterocycles. The van der Waals surface area contributed by atoms with E-state index in [2.05, 4.69) is 5.32 Å². The van der Waals surface area contributed by atoms with Crippen molar-refractivity contribution in [3.05, 3.63) is 30.1 Å². The van der Waals surface area contributed by atoms with Gasteiger partial charge in [-0.1, -0.05) is 19.1 Å². The quantitative estimate of drug-likeness (QED) is 0.802. The third kappa shape index (κ3) is 2.79. The molecule has 0 radical (unpaired) electrons. The van der Waals surface area contributed by atoms with Gasteiger partial charge in [-0.15, -0.1) is 0 Å². The van der Waals surface area contributed by atoms with E-state index in [1.807, 2.05) is 6.92 Å². The minimum Gasteiger partial charge on any atom is -0.327 e. The summed E-state index contributed by atoms with van der Waals surface area (Å²) in [7, 11) is 0. The SMILES string of the molecule is CC1CN(C(=O)Nc2ccccc2F)CCC1N. The third-order valence-electron chi connectivity index (χ3n) is 3.37. The van der Waals surface area contributed by atoms with Gasteiger partial charge in [0.25, 0.3) is 0 Å². The molecule has 1 fully saturated rings. The van der Waals surface area contributed by atoms with Crippen molar-refractivity contribution in [2.45, 2.75) is 19.4 Å². The molecule has 0 spiro atoms. The fourth-order valence-corrected chi connectivity index (χ4v) is 2.11. The Labute approximate surface area is 106 Å². The number of hydrogen-bond acceptors (Lipinski definition) is 2. The van der Waals surface area contributed by atoms with Gasteiger partial charge >= 0.3 is 6.03 Å². The van der Waals surface area contributed by atoms with Crippen molar-refractivity contribution in [2.24, 2.45) is 11.7 Å². The van der Waals surface area contributed by atoms with Crippen molar-refractivity contribution >= 4 is 11.7 Å². The number of amides is 2. The van der Waals surface area contributed by atoms with Crippen LogP contribution < -0.4 is 11.1 Å². The van der Waals surface area contributed by atoms with Crippen LogP contribution in [0.3, 0.4) is 0 Å². The molecular formula is C13H18FN3O. The predicted molar refractivity (Wildman–Crippen MR) is 68.7 cm³/mol. The van der Waals surface area contributed by atoms with Crippen molar-refractivity contribution in [2.75, 3.05) is 18.4 Å². The molecule has 5 heteroatoms. The molecule has 1 heterocycles. The van der Waals surface area contributed by atoms with Crippen LogP contribution in [0.2, 0.25) is 0 Å². The number of piperidine rings is 1. The first-order valence-corrected chi connectivity index (χ1v) is 6.14. The van der Waals surface area contributed by atoms with Crippen molar-refractivity contribution in [3.63, 3.8) is 0 Å². The first-order valence-electron chi connectivity index (χ1n) is 6.14. The number of rotatable bonds is 1. The smallest absolute Gasteiger partial charge is 0.321 e. The first kappa shape index (κ1) is 12.8. The Hall–Kier alpha value is -1.62. The highest BCUT2D eigenvalue weighted by atomic mass is 19.1. The lowest BCUT2D eigenvalue weighted by molar-refractivity contribution is 0.172. The Balaban J connectivity index is 1.99. The summed E-state index contributed by atoms with van der Waals surface area (Å²) < 4.78 is 13.4. The molecule has 0 bridgehead atoms. The summed E-state index contributed by atoms with van der Waals surface area (Å²) in [6.07, 6.45) is 0.784. The van der Waals surface area contributed by atoms with Crippen molar-refractivity contribution < 1.29 is 9.18 Å². The Morgan fingerprint density at radius 1 is 1.50 bits per heavy atom. The zero-order valence-electron chi connectivity index (χ0n) is 10.4. The van der Waals surface area contributed by atoms with E-state index in [1.165, 1.54) is 6.07 Å². The van der Waals surface area contributed by atoms with Crippen LogP contribution in [-0.4, -0.2) is 30.1 Å². The zero-order chi connectivity index (χ0) is 13.1. The summed E-state index contributed by atoms with van der Waals surface area (Å²) in [5.74, 6) is -0.155. The number of halogens is 1. The minimum atomic E-state index is -0.424. The van der Waals surface area contributed by atoms with Gasteiger partial charge in [0.1, 0.15) is 5.82 Å². The van der Waals surface area contributed by atoms with Gasteiger partial charge in [-0.2, -0.15) is 0 Å². The van der Waals surface area contributed by atoms with Crippen LogP contribution in [-0.2, 0) is 0 Å². The number of anilines is 1. The largest absolute Gasteiger partial charge is 0.327 e. The van der Waals surface area contributed by atoms with Crippen LogP contribution in [0.4, 0.5) is 14.9 Å². The summed E-state index contributed by atoms with van der Waals surface area (Å²) in [4.78, 5) is 13.7. The van der Waals surface area contributed by atoms with E-state index in [1.54, 1.807) is 23.1 Å². The molecule has 4 nitrogen and oxygen atoms in total. The van der Waals surface area contributed by atoms with Gasteiger partial charge in [0.15, 0.2) is 0 Å². The molecular weight excluding hydrogens is 233 g/mol. The molecule has 3 N–H and O–H groups in total. The molecule has 1 aliphatic heterocycles. The molecule has 0 aliphatic carbocycles. The second-order valence-electron chi connectivity index (χ2n) is 4.79. The molecule has 2 atom stereocenters. The van der Waals surface area contributed by atoms with E-state index in [9.17, 15) is 9.18 Å². The maximum Gasteiger partial charge on any atom is 0.321 e. The molecule has 2 amide bonds. The number of hydrogen-bond donors (Lipinski definition) is 2. The predicted octanol–water partition coefficient (Wildman–Crippen LogP) is 2.03. The lowest BCUT2D eigenvalue weighted by atomic mass is 9.95. The Morgan fingerprint density at radius 2 is 2.22 bits per heavy atom. The van der Waals surface area contributed by atoms with Crippen LogP contribution in [0.5, 0.6) is 0 Å². The first-order chi connectivity index (χ1) is 8.58. The monoisotopic (exact) mass is 251 g/mol. The maximum absolute atomic E-state index is 13.4. The molecule has 0 aromatic heterocycles. The van der Waals surface area contributed by atoms with Crippen molar-refractivity contribution in [3.8, 4) is 0 Å². The molecule has 2 unspecified atom stereocenters. The number of carbonyl (C=O) groups is 1. The molecule has 2 rings (SSSR count). The fourth-order valence-electron chi connectivity index (χ4n) is 2.11. The van der Waals surface area contributed by atoms with Gasteiger partial charge in [0.2, 0.25) is 0 Å². The summed E-state index contributed by atoms with van der Waals surface area (Å²) in [5.41, 5.74) is 6.11. The standard InChI is InChI=1S/C13H18FN3O/c1-9-8-17(7-6-11(9)15)13(18)16-12-5-3-2-4-10(12)14/h2-5,9,11H,6-8,15H2,1H3,(H,16,18). The van der Waals surface area contributed by atoms with Gasteiger partial charge in [-0.25, -0.2) is 9.18 Å². The van der Waals surface area contributed by atoms with E-state index in [-0.39, 0.29) is 23.7 Å². The maximum atomic E-state index is 13.4. The molecule has 98 valence electrons. The lowest BCUT2D eigenvalue weighted by Gasteiger charge is -2.35. The number of nitrogens with two attached hydrogens (primary N) is 1. The number of likely N-dealkylation sites (tertiary alicyclic amines) is 1. The summed E-state index contributed by atoms with van der Waals surface area (Å²) in [6.45, 7) is 3.25. The molecule has 1 aromatic carbocycles. The van der Waals surface area contributed by atoms with Gasteiger partial charge in [-0.3, -0.25) is 0 Å². The zero-order valence-corrected chi connectivity index (χ0v) is 10.4. The van der Waals surface area contributed by atoms with E-state index in [0.29, 0.717) is 13.1 Å². The average Bonchev–Trinajstić information content (AvgIpc) is 2.35. The highest BCUT2D eigenvalue weighted by Gasteiger charge is 2.26. The second kappa shape index (κ2) is 5.35. The van der Waals surface area contributed by atoms with E-state index in [4.69, 9.17) is 5.73 Å². The van der Waals surface area contributed by atoms with Crippen LogP contribution in [0.15, 0.2) is 24.3 Å². The molecule has 1 aromatic rings. The van der Waals surface area contributed by atoms with Gasteiger partial charge in [0.05, 0.1) is 5.69 Å². The number of nitrogens with one attached hydrogen (secondary N) is 1. The number of nitrogens with zero attached hydrogens (tertiary/aromatic N) is 1. The van der Waals surface area contributed by atoms with Gasteiger partial charge in [0, 0.05) is 19.1 Å². The average molecular weight is 251 g/mol.